The van der Waals surface area contributed by atoms with Gasteiger partial charge in [-0.15, -0.1) is 0 Å². The van der Waals surface area contributed by atoms with Crippen LogP contribution in [0.3, 0.4) is 0 Å². The third kappa shape index (κ3) is 2.06. The van der Waals surface area contributed by atoms with E-state index in [4.69, 9.17) is 10.8 Å². The van der Waals surface area contributed by atoms with E-state index in [1.54, 1.807) is 0 Å². The first kappa shape index (κ1) is 12.1. The lowest BCUT2D eigenvalue weighted by Gasteiger charge is -2.20. The van der Waals surface area contributed by atoms with Crippen molar-refractivity contribution < 1.29 is 0 Å². The van der Waals surface area contributed by atoms with Crippen molar-refractivity contribution >= 4 is 21.6 Å². The monoisotopic (exact) mass is 308 g/mol. The zero-order chi connectivity index (χ0) is 12.5. The quantitative estimate of drug-likeness (QED) is 0.928. The highest BCUT2D eigenvalue weighted by atomic mass is 79.9. The van der Waals surface area contributed by atoms with Gasteiger partial charge in [0, 0.05) is 12.5 Å². The molecule has 1 saturated carbocycles. The molecular formula is C13H17BrN4. The van der Waals surface area contributed by atoms with Crippen LogP contribution in [-0.4, -0.2) is 14.6 Å². The summed E-state index contributed by atoms with van der Waals surface area (Å²) in [6, 6.07) is 4.16. The van der Waals surface area contributed by atoms with E-state index in [0.717, 1.165) is 15.9 Å². The molecule has 0 aromatic carbocycles. The van der Waals surface area contributed by atoms with Crippen molar-refractivity contribution in [2.45, 2.75) is 44.6 Å². The molecule has 0 amide bonds. The number of hydrogen-bond donors (Lipinski definition) is 1. The predicted molar refractivity (Wildman–Crippen MR) is 74.4 cm³/mol. The fraction of sp³-hybridized carbons (Fsp3) is 0.538. The molecule has 0 aliphatic heterocycles. The maximum atomic E-state index is 5.66. The maximum absolute atomic E-state index is 5.66. The summed E-state index contributed by atoms with van der Waals surface area (Å²) in [5, 5.41) is 4.72. The Hall–Kier alpha value is -0.940. The van der Waals surface area contributed by atoms with Gasteiger partial charge in [0.15, 0.2) is 5.65 Å². The lowest BCUT2D eigenvalue weighted by atomic mass is 9.87. The lowest BCUT2D eigenvalue weighted by molar-refractivity contribution is 0.433. The van der Waals surface area contributed by atoms with Crippen LogP contribution in [0.5, 0.6) is 0 Å². The van der Waals surface area contributed by atoms with Gasteiger partial charge in [0.05, 0.1) is 11.4 Å². The minimum absolute atomic E-state index is 0.433. The molecule has 0 unspecified atom stereocenters. The van der Waals surface area contributed by atoms with Crippen LogP contribution in [0.1, 0.15) is 49.4 Å². The first-order valence-corrected chi connectivity index (χ1v) is 7.33. The number of hydrogen-bond acceptors (Lipinski definition) is 3. The van der Waals surface area contributed by atoms with Crippen LogP contribution in [0.4, 0.5) is 0 Å². The van der Waals surface area contributed by atoms with E-state index < -0.39 is 0 Å². The minimum Gasteiger partial charge on any atom is -0.325 e. The Balaban J connectivity index is 2.01. The Morgan fingerprint density at radius 1 is 1.28 bits per heavy atom. The van der Waals surface area contributed by atoms with Crippen molar-refractivity contribution in [3.8, 4) is 0 Å². The third-order valence-corrected chi connectivity index (χ3v) is 4.52. The molecule has 2 aromatic heterocycles. The van der Waals surface area contributed by atoms with E-state index in [9.17, 15) is 0 Å². The van der Waals surface area contributed by atoms with E-state index in [0.29, 0.717) is 12.5 Å². The molecule has 4 nitrogen and oxygen atoms in total. The second-order valence-corrected chi connectivity index (χ2v) is 5.67. The van der Waals surface area contributed by atoms with Crippen molar-refractivity contribution in [2.24, 2.45) is 5.73 Å². The van der Waals surface area contributed by atoms with Crippen LogP contribution in [-0.2, 0) is 6.54 Å². The Bertz CT molecular complexity index is 557. The number of fused-ring (bicyclic) bond motifs is 1. The molecule has 1 aliphatic rings. The van der Waals surface area contributed by atoms with Crippen LogP contribution in [0.25, 0.3) is 5.65 Å². The Morgan fingerprint density at radius 2 is 2.06 bits per heavy atom. The van der Waals surface area contributed by atoms with Crippen LogP contribution < -0.4 is 5.73 Å². The molecule has 96 valence electrons. The van der Waals surface area contributed by atoms with E-state index in [1.165, 1.54) is 37.8 Å². The van der Waals surface area contributed by atoms with Gasteiger partial charge < -0.3 is 5.73 Å². The molecule has 0 bridgehead atoms. The van der Waals surface area contributed by atoms with Crippen molar-refractivity contribution in [1.82, 2.24) is 14.6 Å². The molecule has 0 atom stereocenters. The van der Waals surface area contributed by atoms with Gasteiger partial charge in [0.25, 0.3) is 0 Å². The van der Waals surface area contributed by atoms with Crippen molar-refractivity contribution in [1.29, 1.82) is 0 Å². The Morgan fingerprint density at radius 3 is 2.78 bits per heavy atom. The predicted octanol–water partition coefficient (Wildman–Crippen LogP) is 3.00. The third-order valence-electron chi connectivity index (χ3n) is 3.73. The van der Waals surface area contributed by atoms with Gasteiger partial charge in [0.1, 0.15) is 4.60 Å². The second-order valence-electron chi connectivity index (χ2n) is 4.92. The molecule has 2 heterocycles. The molecule has 0 radical (unpaired) electrons. The Labute approximate surface area is 115 Å². The standard InChI is InChI=1S/C13H17BrN4/c14-13-11(8-15)16-12-7-6-10(17-18(12)13)9-4-2-1-3-5-9/h6-7,9H,1-5,8,15H2. The Kier molecular flexibility index (Phi) is 3.35. The number of nitrogens with two attached hydrogens (primary N) is 1. The average Bonchev–Trinajstić information content (AvgIpc) is 2.76. The highest BCUT2D eigenvalue weighted by molar-refractivity contribution is 9.10. The highest BCUT2D eigenvalue weighted by Crippen LogP contribution is 2.31. The van der Waals surface area contributed by atoms with Crippen molar-refractivity contribution in [3.63, 3.8) is 0 Å². The zero-order valence-electron chi connectivity index (χ0n) is 10.3. The normalized spacial score (nSPS) is 17.4. The van der Waals surface area contributed by atoms with Crippen LogP contribution in [0, 0.1) is 0 Å². The van der Waals surface area contributed by atoms with E-state index in [-0.39, 0.29) is 0 Å². The summed E-state index contributed by atoms with van der Waals surface area (Å²) >= 11 is 3.53. The van der Waals surface area contributed by atoms with Gasteiger partial charge in [-0.05, 0) is 40.9 Å². The van der Waals surface area contributed by atoms with Gasteiger partial charge >= 0.3 is 0 Å². The van der Waals surface area contributed by atoms with Gasteiger partial charge in [-0.3, -0.25) is 0 Å². The SMILES string of the molecule is NCc1nc2ccc(C3CCCCC3)nn2c1Br. The van der Waals surface area contributed by atoms with E-state index in [2.05, 4.69) is 27.0 Å². The molecule has 2 N–H and O–H groups in total. The fourth-order valence-electron chi connectivity index (χ4n) is 2.71. The molecule has 18 heavy (non-hydrogen) atoms. The van der Waals surface area contributed by atoms with Gasteiger partial charge in [-0.2, -0.15) is 5.10 Å². The second kappa shape index (κ2) is 4.97. The summed E-state index contributed by atoms with van der Waals surface area (Å²) in [5.74, 6) is 0.610. The maximum Gasteiger partial charge on any atom is 0.155 e. The first-order chi connectivity index (χ1) is 8.79. The fourth-order valence-corrected chi connectivity index (χ4v) is 3.22. The number of halogens is 1. The average molecular weight is 309 g/mol. The highest BCUT2D eigenvalue weighted by Gasteiger charge is 2.18. The molecule has 1 fully saturated rings. The van der Waals surface area contributed by atoms with Crippen molar-refractivity contribution in [2.75, 3.05) is 0 Å². The summed E-state index contributed by atoms with van der Waals surface area (Å²) < 4.78 is 2.75. The van der Waals surface area contributed by atoms with Crippen molar-refractivity contribution in [3.05, 3.63) is 28.1 Å². The topological polar surface area (TPSA) is 56.2 Å². The lowest BCUT2D eigenvalue weighted by Crippen LogP contribution is -2.08. The summed E-state index contributed by atoms with van der Waals surface area (Å²) in [6.45, 7) is 0.433. The number of nitrogens with zero attached hydrogens (tertiary/aromatic N) is 3. The summed E-state index contributed by atoms with van der Waals surface area (Å²) in [4.78, 5) is 4.45. The summed E-state index contributed by atoms with van der Waals surface area (Å²) in [6.07, 6.45) is 6.53. The van der Waals surface area contributed by atoms with Crippen LogP contribution in [0.15, 0.2) is 16.7 Å². The number of imidazole rings is 1. The number of aromatic nitrogens is 3. The zero-order valence-corrected chi connectivity index (χ0v) is 11.9. The van der Waals surface area contributed by atoms with Gasteiger partial charge in [0.2, 0.25) is 0 Å². The molecule has 5 heteroatoms. The molecule has 0 saturated heterocycles. The minimum atomic E-state index is 0.433. The first-order valence-electron chi connectivity index (χ1n) is 6.53. The summed E-state index contributed by atoms with van der Waals surface area (Å²) in [7, 11) is 0. The number of rotatable bonds is 2. The molecule has 0 spiro atoms. The van der Waals surface area contributed by atoms with Gasteiger partial charge in [-0.1, -0.05) is 19.3 Å². The van der Waals surface area contributed by atoms with E-state index in [1.807, 2.05) is 10.6 Å². The van der Waals surface area contributed by atoms with Crippen LogP contribution >= 0.6 is 15.9 Å². The molecule has 1 aliphatic carbocycles. The van der Waals surface area contributed by atoms with Gasteiger partial charge in [-0.25, -0.2) is 9.50 Å². The molecule has 3 rings (SSSR count). The molecular weight excluding hydrogens is 292 g/mol. The largest absolute Gasteiger partial charge is 0.325 e. The summed E-state index contributed by atoms with van der Waals surface area (Å²) in [5.41, 5.74) is 8.57. The molecule has 2 aromatic rings. The van der Waals surface area contributed by atoms with E-state index >= 15 is 0 Å². The smallest absolute Gasteiger partial charge is 0.155 e. The van der Waals surface area contributed by atoms with Crippen LogP contribution in [0.2, 0.25) is 0 Å².